The molecule has 0 bridgehead atoms. The molecule has 0 saturated heterocycles. The summed E-state index contributed by atoms with van der Waals surface area (Å²) in [7, 11) is 0. The van der Waals surface area contributed by atoms with Crippen LogP contribution in [0.3, 0.4) is 0 Å². The van der Waals surface area contributed by atoms with E-state index in [1.807, 2.05) is 0 Å². The molecule has 0 fully saturated rings. The highest BCUT2D eigenvalue weighted by Crippen LogP contribution is 2.51. The fourth-order valence-electron chi connectivity index (χ4n) is 10.9. The van der Waals surface area contributed by atoms with Gasteiger partial charge in [0.2, 0.25) is 0 Å². The molecule has 0 saturated carbocycles. The van der Waals surface area contributed by atoms with Gasteiger partial charge >= 0.3 is 0 Å². The van der Waals surface area contributed by atoms with Gasteiger partial charge in [-0.1, -0.05) is 226 Å². The quantitative estimate of drug-likeness (QED) is 0.129. The molecule has 0 radical (unpaired) electrons. The topological polar surface area (TPSA) is 4.93 Å². The Morgan fingerprint density at radius 3 is 1.34 bits per heavy atom. The Labute approximate surface area is 394 Å². The summed E-state index contributed by atoms with van der Waals surface area (Å²) in [4.78, 5) is 0. The van der Waals surface area contributed by atoms with E-state index in [1.54, 1.807) is 0 Å². The van der Waals surface area contributed by atoms with Gasteiger partial charge in [0, 0.05) is 27.8 Å². The van der Waals surface area contributed by atoms with E-state index in [-0.39, 0.29) is 11.3 Å². The number of hydrogen-bond acceptors (Lipinski definition) is 0. The van der Waals surface area contributed by atoms with Gasteiger partial charge in [-0.05, 0) is 127 Å². The minimum atomic E-state index is -0.0915. The number of aromatic nitrogens is 1. The normalized spacial score (nSPS) is 13.1. The van der Waals surface area contributed by atoms with Crippen molar-refractivity contribution in [2.24, 2.45) is 0 Å². The zero-order valence-corrected chi connectivity index (χ0v) is 38.0. The second kappa shape index (κ2) is 16.8. The second-order valence-corrected chi connectivity index (χ2v) is 18.8. The van der Waals surface area contributed by atoms with Crippen LogP contribution in [0.5, 0.6) is 0 Å². The average molecular weight is 858 g/mol. The van der Waals surface area contributed by atoms with Gasteiger partial charge in [-0.25, -0.2) is 0 Å². The van der Waals surface area contributed by atoms with Crippen LogP contribution in [0.2, 0.25) is 0 Å². The molecule has 1 aromatic heterocycles. The average Bonchev–Trinajstić information content (AvgIpc) is 3.84. The van der Waals surface area contributed by atoms with Gasteiger partial charge in [0.15, 0.2) is 0 Å². The van der Waals surface area contributed by atoms with Crippen molar-refractivity contribution < 1.29 is 0 Å². The highest BCUT2D eigenvalue weighted by Gasteiger charge is 2.36. The third-order valence-electron chi connectivity index (χ3n) is 14.5. The summed E-state index contributed by atoms with van der Waals surface area (Å²) in [6, 6.07) is 89.8. The zero-order chi connectivity index (χ0) is 44.9. The van der Waals surface area contributed by atoms with Gasteiger partial charge in [-0.15, -0.1) is 0 Å². The maximum atomic E-state index is 2.52. The van der Waals surface area contributed by atoms with Crippen molar-refractivity contribution in [3.05, 3.63) is 270 Å². The van der Waals surface area contributed by atoms with Crippen LogP contribution in [-0.4, -0.2) is 4.57 Å². The first-order valence-electron chi connectivity index (χ1n) is 23.7. The predicted molar refractivity (Wildman–Crippen MR) is 283 cm³/mol. The summed E-state index contributed by atoms with van der Waals surface area (Å²) in [5.41, 5.74) is 23.0. The van der Waals surface area contributed by atoms with Crippen LogP contribution >= 0.6 is 0 Å². The Kier molecular flexibility index (Phi) is 10.1. The van der Waals surface area contributed by atoms with E-state index in [0.29, 0.717) is 0 Å². The molecule has 67 heavy (non-hydrogen) atoms. The number of para-hydroxylation sites is 1. The molecule has 0 aliphatic heterocycles. The van der Waals surface area contributed by atoms with E-state index >= 15 is 0 Å². The van der Waals surface area contributed by atoms with Crippen LogP contribution in [0, 0.1) is 0 Å². The molecule has 1 heterocycles. The Morgan fingerprint density at radius 1 is 0.358 bits per heavy atom. The Morgan fingerprint density at radius 2 is 0.776 bits per heavy atom. The number of rotatable bonds is 10. The summed E-state index contributed by atoms with van der Waals surface area (Å²) < 4.78 is 2.42. The van der Waals surface area contributed by atoms with Crippen molar-refractivity contribution in [1.29, 1.82) is 0 Å². The van der Waals surface area contributed by atoms with Crippen molar-refractivity contribution in [3.63, 3.8) is 0 Å². The SMILES string of the molecule is CC1(C)c2cc(-c3ccccc3)ccc2-c2ccc(C(CCc3ccc(-c4ccc(-c5ccc6c7ccc(-c8ccccc8)cc7n(-c7ccccc7)c6c5)cc4)cc3)c3ccccc3)cc21. The molecule has 1 nitrogen and oxygen atoms in total. The largest absolute Gasteiger partial charge is 0.309 e. The van der Waals surface area contributed by atoms with E-state index in [0.717, 1.165) is 18.5 Å². The van der Waals surface area contributed by atoms with Crippen molar-refractivity contribution in [3.8, 4) is 61.3 Å². The molecule has 0 N–H and O–H groups in total. The van der Waals surface area contributed by atoms with Crippen LogP contribution in [0.25, 0.3) is 83.1 Å². The standard InChI is InChI=1S/C66H51N/c1-66(2)62-41-52(46-15-7-3-8-16-46)32-37-58(62)59-38-35-55(42-63(59)66)57(51-19-11-5-12-20-51)36-25-45-23-26-48(27-24-45)49-28-30-50(31-29-49)54-34-40-61-60-39-33-53(47-17-9-4-10-18-47)43-64(60)67(65(61)44-54)56-21-13-6-14-22-56/h3-24,26-35,37-44,57H,25,36H2,1-2H3. The van der Waals surface area contributed by atoms with Crippen LogP contribution in [0.15, 0.2) is 243 Å². The molecular formula is C66H51N. The van der Waals surface area contributed by atoms with E-state index in [1.165, 1.54) is 105 Å². The lowest BCUT2D eigenvalue weighted by molar-refractivity contribution is 0.654. The third-order valence-corrected chi connectivity index (χ3v) is 14.5. The zero-order valence-electron chi connectivity index (χ0n) is 38.0. The van der Waals surface area contributed by atoms with E-state index in [4.69, 9.17) is 0 Å². The molecular weight excluding hydrogens is 807 g/mol. The maximum Gasteiger partial charge on any atom is 0.0547 e. The molecule has 12 rings (SSSR count). The third kappa shape index (κ3) is 7.38. The smallest absolute Gasteiger partial charge is 0.0547 e. The molecule has 1 heteroatoms. The molecule has 11 aromatic rings. The number of nitrogens with zero attached hydrogens (tertiary/aromatic N) is 1. The van der Waals surface area contributed by atoms with Crippen LogP contribution in [-0.2, 0) is 11.8 Å². The van der Waals surface area contributed by atoms with E-state index in [2.05, 4.69) is 261 Å². The van der Waals surface area contributed by atoms with Gasteiger partial charge in [0.25, 0.3) is 0 Å². The highest BCUT2D eigenvalue weighted by atomic mass is 15.0. The monoisotopic (exact) mass is 857 g/mol. The lowest BCUT2D eigenvalue weighted by atomic mass is 9.79. The number of hydrogen-bond donors (Lipinski definition) is 0. The Balaban J connectivity index is 0.794. The molecule has 1 unspecified atom stereocenters. The first kappa shape index (κ1) is 40.5. The summed E-state index contributed by atoms with van der Waals surface area (Å²) >= 11 is 0. The van der Waals surface area contributed by atoms with Crippen LogP contribution < -0.4 is 0 Å². The van der Waals surface area contributed by atoms with Crippen LogP contribution in [0.1, 0.15) is 54.0 Å². The fraction of sp³-hybridized carbons (Fsp3) is 0.0909. The summed E-state index contributed by atoms with van der Waals surface area (Å²) in [6.07, 6.45) is 2.03. The molecule has 1 atom stereocenters. The predicted octanol–water partition coefficient (Wildman–Crippen LogP) is 17.5. The van der Waals surface area contributed by atoms with Crippen molar-refractivity contribution in [2.75, 3.05) is 0 Å². The van der Waals surface area contributed by atoms with Crippen molar-refractivity contribution in [1.82, 2.24) is 4.57 Å². The number of benzene rings is 10. The summed E-state index contributed by atoms with van der Waals surface area (Å²) in [5, 5.41) is 2.52. The minimum Gasteiger partial charge on any atom is -0.309 e. The van der Waals surface area contributed by atoms with E-state index in [9.17, 15) is 0 Å². The Bertz CT molecular complexity index is 3550. The van der Waals surface area contributed by atoms with Crippen LogP contribution in [0.4, 0.5) is 0 Å². The van der Waals surface area contributed by atoms with Crippen molar-refractivity contribution in [2.45, 2.75) is 38.0 Å². The molecule has 1 aliphatic carbocycles. The fourth-order valence-corrected chi connectivity index (χ4v) is 10.9. The first-order chi connectivity index (χ1) is 33.0. The number of aryl methyl sites for hydroxylation is 1. The molecule has 1 aliphatic rings. The molecule has 10 aromatic carbocycles. The maximum absolute atomic E-state index is 2.52. The van der Waals surface area contributed by atoms with Gasteiger partial charge < -0.3 is 4.57 Å². The van der Waals surface area contributed by atoms with Gasteiger partial charge in [0.05, 0.1) is 11.0 Å². The minimum absolute atomic E-state index is 0.0915. The second-order valence-electron chi connectivity index (χ2n) is 18.8. The van der Waals surface area contributed by atoms with Gasteiger partial charge in [-0.3, -0.25) is 0 Å². The Hall–Kier alpha value is -8.00. The van der Waals surface area contributed by atoms with Gasteiger partial charge in [0.1, 0.15) is 0 Å². The molecule has 320 valence electrons. The molecule has 0 spiro atoms. The lowest BCUT2D eigenvalue weighted by Gasteiger charge is -2.25. The summed E-state index contributed by atoms with van der Waals surface area (Å²) in [6.45, 7) is 4.80. The van der Waals surface area contributed by atoms with E-state index < -0.39 is 0 Å². The first-order valence-corrected chi connectivity index (χ1v) is 23.7. The number of fused-ring (bicyclic) bond motifs is 6. The van der Waals surface area contributed by atoms with Gasteiger partial charge in [-0.2, -0.15) is 0 Å². The van der Waals surface area contributed by atoms with Crippen molar-refractivity contribution >= 4 is 21.8 Å². The molecule has 0 amide bonds. The highest BCUT2D eigenvalue weighted by molar-refractivity contribution is 6.11. The summed E-state index contributed by atoms with van der Waals surface area (Å²) in [5.74, 6) is 0.290. The lowest BCUT2D eigenvalue weighted by Crippen LogP contribution is -2.16.